The minimum atomic E-state index is 0.969. The molecule has 4 aromatic carbocycles. The number of hydrogen-bond acceptors (Lipinski definition) is 1. The maximum Gasteiger partial charge on any atom is 0.0934 e. The van der Waals surface area contributed by atoms with Gasteiger partial charge in [-0.05, 0) is 29.3 Å². The van der Waals surface area contributed by atoms with E-state index in [2.05, 4.69) is 91.0 Å². The van der Waals surface area contributed by atoms with Crippen LogP contribution in [0.25, 0.3) is 39.3 Å². The Kier molecular flexibility index (Phi) is 4.51. The standard InChI is InChI=1S/C27H20N2/c1-4-10-21(11-5-1)22-16-18-25(19-17-22)29-27(24-14-8-3-9-15-24)20-26(28-29)23-12-6-2-7-13-23/h1-20H. The predicted molar refractivity (Wildman–Crippen MR) is 120 cm³/mol. The quantitative estimate of drug-likeness (QED) is 0.336. The second-order valence-electron chi connectivity index (χ2n) is 6.97. The first-order chi connectivity index (χ1) is 14.4. The van der Waals surface area contributed by atoms with Crippen LogP contribution in [0.1, 0.15) is 0 Å². The molecule has 0 aliphatic rings. The third-order valence-corrected chi connectivity index (χ3v) is 5.07. The van der Waals surface area contributed by atoms with Crippen LogP contribution in [0.4, 0.5) is 0 Å². The summed E-state index contributed by atoms with van der Waals surface area (Å²) in [5, 5.41) is 4.95. The van der Waals surface area contributed by atoms with Crippen molar-refractivity contribution in [2.75, 3.05) is 0 Å². The molecule has 0 atom stereocenters. The minimum Gasteiger partial charge on any atom is -0.232 e. The number of rotatable bonds is 4. The van der Waals surface area contributed by atoms with E-state index in [0.717, 1.165) is 28.2 Å². The van der Waals surface area contributed by atoms with Crippen molar-refractivity contribution in [2.24, 2.45) is 0 Å². The molecule has 0 saturated carbocycles. The average molecular weight is 372 g/mol. The number of hydrogen-bond donors (Lipinski definition) is 0. The first-order valence-corrected chi connectivity index (χ1v) is 9.75. The van der Waals surface area contributed by atoms with Gasteiger partial charge in [0.25, 0.3) is 0 Å². The molecule has 29 heavy (non-hydrogen) atoms. The van der Waals surface area contributed by atoms with E-state index in [1.165, 1.54) is 11.1 Å². The Bertz CT molecular complexity index is 1210. The minimum absolute atomic E-state index is 0.969. The van der Waals surface area contributed by atoms with Gasteiger partial charge in [0, 0.05) is 11.1 Å². The maximum absolute atomic E-state index is 4.95. The van der Waals surface area contributed by atoms with Crippen molar-refractivity contribution in [3.05, 3.63) is 121 Å². The van der Waals surface area contributed by atoms with E-state index in [1.54, 1.807) is 0 Å². The molecule has 138 valence electrons. The topological polar surface area (TPSA) is 17.8 Å². The lowest BCUT2D eigenvalue weighted by atomic mass is 10.1. The van der Waals surface area contributed by atoms with Crippen LogP contribution in [-0.4, -0.2) is 9.78 Å². The fourth-order valence-corrected chi connectivity index (χ4v) is 3.57. The van der Waals surface area contributed by atoms with Crippen LogP contribution in [-0.2, 0) is 0 Å². The highest BCUT2D eigenvalue weighted by atomic mass is 15.3. The summed E-state index contributed by atoms with van der Waals surface area (Å²) < 4.78 is 2.03. The van der Waals surface area contributed by atoms with E-state index in [1.807, 2.05) is 35.0 Å². The Balaban J connectivity index is 1.61. The lowest BCUT2D eigenvalue weighted by Crippen LogP contribution is -1.99. The molecule has 1 heterocycles. The van der Waals surface area contributed by atoms with Crippen LogP contribution in [0.2, 0.25) is 0 Å². The van der Waals surface area contributed by atoms with Gasteiger partial charge < -0.3 is 0 Å². The van der Waals surface area contributed by atoms with Crippen LogP contribution in [0, 0.1) is 0 Å². The highest BCUT2D eigenvalue weighted by molar-refractivity contribution is 5.71. The zero-order valence-corrected chi connectivity index (χ0v) is 15.9. The summed E-state index contributed by atoms with van der Waals surface area (Å²) in [5.41, 5.74) is 7.77. The maximum atomic E-state index is 4.95. The number of nitrogens with zero attached hydrogens (tertiary/aromatic N) is 2. The van der Waals surface area contributed by atoms with Crippen LogP contribution in [0.5, 0.6) is 0 Å². The summed E-state index contributed by atoms with van der Waals surface area (Å²) in [6.07, 6.45) is 0. The Hall–Kier alpha value is -3.91. The summed E-state index contributed by atoms with van der Waals surface area (Å²) in [6.45, 7) is 0. The monoisotopic (exact) mass is 372 g/mol. The van der Waals surface area contributed by atoms with E-state index in [-0.39, 0.29) is 0 Å². The summed E-state index contributed by atoms with van der Waals surface area (Å²) in [7, 11) is 0. The van der Waals surface area contributed by atoms with Crippen LogP contribution in [0.15, 0.2) is 121 Å². The van der Waals surface area contributed by atoms with Gasteiger partial charge in [-0.3, -0.25) is 0 Å². The zero-order chi connectivity index (χ0) is 19.5. The Morgan fingerprint density at radius 1 is 0.448 bits per heavy atom. The predicted octanol–water partition coefficient (Wildman–Crippen LogP) is 6.87. The zero-order valence-electron chi connectivity index (χ0n) is 15.9. The van der Waals surface area contributed by atoms with E-state index < -0.39 is 0 Å². The van der Waals surface area contributed by atoms with Crippen molar-refractivity contribution in [1.82, 2.24) is 9.78 Å². The fraction of sp³-hybridized carbons (Fsp3) is 0. The molecular weight excluding hydrogens is 352 g/mol. The molecule has 0 spiro atoms. The third kappa shape index (κ3) is 3.48. The molecule has 0 unspecified atom stereocenters. The Morgan fingerprint density at radius 3 is 1.52 bits per heavy atom. The van der Waals surface area contributed by atoms with Gasteiger partial charge in [-0.15, -0.1) is 0 Å². The summed E-state index contributed by atoms with van der Waals surface area (Å²) in [5.74, 6) is 0. The average Bonchev–Trinajstić information content (AvgIpc) is 3.27. The molecule has 0 fully saturated rings. The molecule has 0 amide bonds. The molecule has 0 saturated heterocycles. The largest absolute Gasteiger partial charge is 0.232 e. The van der Waals surface area contributed by atoms with E-state index in [0.29, 0.717) is 0 Å². The smallest absolute Gasteiger partial charge is 0.0934 e. The highest BCUT2D eigenvalue weighted by Gasteiger charge is 2.13. The molecule has 2 heteroatoms. The lowest BCUT2D eigenvalue weighted by Gasteiger charge is -2.09. The SMILES string of the molecule is c1ccc(-c2ccc(-n3nc(-c4ccccc4)cc3-c3ccccc3)cc2)cc1. The first-order valence-electron chi connectivity index (χ1n) is 9.75. The van der Waals surface area contributed by atoms with Crippen LogP contribution in [0.3, 0.4) is 0 Å². The molecule has 1 aromatic heterocycles. The summed E-state index contributed by atoms with van der Waals surface area (Å²) in [4.78, 5) is 0. The summed E-state index contributed by atoms with van der Waals surface area (Å²) >= 11 is 0. The first kappa shape index (κ1) is 17.2. The highest BCUT2D eigenvalue weighted by Crippen LogP contribution is 2.29. The van der Waals surface area contributed by atoms with Crippen molar-refractivity contribution in [3.8, 4) is 39.3 Å². The summed E-state index contributed by atoms with van der Waals surface area (Å²) in [6, 6.07) is 41.9. The van der Waals surface area contributed by atoms with Gasteiger partial charge in [-0.25, -0.2) is 4.68 Å². The second kappa shape index (κ2) is 7.61. The van der Waals surface area contributed by atoms with E-state index in [4.69, 9.17) is 5.10 Å². The van der Waals surface area contributed by atoms with E-state index >= 15 is 0 Å². The Morgan fingerprint density at radius 2 is 0.931 bits per heavy atom. The second-order valence-corrected chi connectivity index (χ2v) is 6.97. The Labute approximate surface area is 170 Å². The van der Waals surface area contributed by atoms with Gasteiger partial charge >= 0.3 is 0 Å². The van der Waals surface area contributed by atoms with Crippen LogP contribution >= 0.6 is 0 Å². The van der Waals surface area contributed by atoms with Gasteiger partial charge in [0.15, 0.2) is 0 Å². The molecule has 5 aromatic rings. The van der Waals surface area contributed by atoms with Crippen molar-refractivity contribution in [2.45, 2.75) is 0 Å². The number of aromatic nitrogens is 2. The molecular formula is C27H20N2. The fourth-order valence-electron chi connectivity index (χ4n) is 3.57. The van der Waals surface area contributed by atoms with Crippen molar-refractivity contribution < 1.29 is 0 Å². The number of benzene rings is 4. The van der Waals surface area contributed by atoms with Crippen molar-refractivity contribution >= 4 is 0 Å². The normalized spacial score (nSPS) is 10.8. The van der Waals surface area contributed by atoms with E-state index in [9.17, 15) is 0 Å². The lowest BCUT2D eigenvalue weighted by molar-refractivity contribution is 0.892. The molecule has 0 N–H and O–H groups in total. The molecule has 0 aliphatic carbocycles. The van der Waals surface area contributed by atoms with Gasteiger partial charge in [0.1, 0.15) is 0 Å². The van der Waals surface area contributed by atoms with Crippen molar-refractivity contribution in [1.29, 1.82) is 0 Å². The molecule has 5 rings (SSSR count). The van der Waals surface area contributed by atoms with Gasteiger partial charge in [0.2, 0.25) is 0 Å². The molecule has 2 nitrogen and oxygen atoms in total. The van der Waals surface area contributed by atoms with Gasteiger partial charge in [-0.1, -0.05) is 103 Å². The third-order valence-electron chi connectivity index (χ3n) is 5.07. The molecule has 0 radical (unpaired) electrons. The molecule has 0 aliphatic heterocycles. The van der Waals surface area contributed by atoms with Crippen molar-refractivity contribution in [3.63, 3.8) is 0 Å². The molecule has 0 bridgehead atoms. The van der Waals surface area contributed by atoms with Crippen LogP contribution < -0.4 is 0 Å². The van der Waals surface area contributed by atoms with Gasteiger partial charge in [0.05, 0.1) is 17.1 Å². The van der Waals surface area contributed by atoms with Gasteiger partial charge in [-0.2, -0.15) is 5.10 Å².